The maximum Gasteiger partial charge on any atom is 0.347 e. The highest BCUT2D eigenvalue weighted by atomic mass is 35.5. The van der Waals surface area contributed by atoms with E-state index in [1.807, 2.05) is 0 Å². The molecule has 0 spiro atoms. The standard InChI is InChI=1S/C11H8ClN3O2/c12-10(11(16)17)3-1-2-8-4-6-9(7-5-8)14-15-13/h1-7H,(H,16,17). The van der Waals surface area contributed by atoms with Gasteiger partial charge in [0.2, 0.25) is 0 Å². The van der Waals surface area contributed by atoms with Crippen molar-refractivity contribution in [1.82, 2.24) is 0 Å². The van der Waals surface area contributed by atoms with E-state index in [1.165, 1.54) is 12.2 Å². The molecule has 1 aromatic rings. The Morgan fingerprint density at radius 3 is 2.59 bits per heavy atom. The molecule has 0 heterocycles. The number of benzene rings is 1. The first-order chi connectivity index (χ1) is 8.13. The van der Waals surface area contributed by atoms with E-state index >= 15 is 0 Å². The van der Waals surface area contributed by atoms with Crippen molar-refractivity contribution in [2.75, 3.05) is 0 Å². The van der Waals surface area contributed by atoms with Crippen molar-refractivity contribution < 1.29 is 9.90 Å². The molecule has 0 aromatic heterocycles. The van der Waals surface area contributed by atoms with Gasteiger partial charge in [0.15, 0.2) is 0 Å². The molecule has 5 nitrogen and oxygen atoms in total. The first-order valence-electron chi connectivity index (χ1n) is 4.56. The minimum absolute atomic E-state index is 0.257. The Bertz CT molecular complexity index is 514. The topological polar surface area (TPSA) is 86.1 Å². The number of rotatable bonds is 4. The normalized spacial score (nSPS) is 11.2. The van der Waals surface area contributed by atoms with Gasteiger partial charge in [-0.1, -0.05) is 53.1 Å². The Hall–Kier alpha value is -2.23. The van der Waals surface area contributed by atoms with E-state index in [9.17, 15) is 4.79 Å². The Labute approximate surface area is 102 Å². The minimum Gasteiger partial charge on any atom is -0.477 e. The Morgan fingerprint density at radius 2 is 2.06 bits per heavy atom. The number of halogens is 1. The summed E-state index contributed by atoms with van der Waals surface area (Å²) in [6.45, 7) is 0. The third-order valence-corrected chi connectivity index (χ3v) is 2.08. The number of carbonyl (C=O) groups is 1. The summed E-state index contributed by atoms with van der Waals surface area (Å²) >= 11 is 5.40. The van der Waals surface area contributed by atoms with E-state index in [4.69, 9.17) is 22.2 Å². The van der Waals surface area contributed by atoms with Crippen LogP contribution in [-0.2, 0) is 4.79 Å². The average Bonchev–Trinajstić information content (AvgIpc) is 2.31. The molecular weight excluding hydrogens is 242 g/mol. The van der Waals surface area contributed by atoms with Crippen LogP contribution in [0.1, 0.15) is 5.56 Å². The highest BCUT2D eigenvalue weighted by Crippen LogP contribution is 2.14. The van der Waals surface area contributed by atoms with Gasteiger partial charge in [0.1, 0.15) is 5.03 Å². The summed E-state index contributed by atoms with van der Waals surface area (Å²) in [6.07, 6.45) is 4.50. The van der Waals surface area contributed by atoms with Gasteiger partial charge in [-0.15, -0.1) is 0 Å². The molecule has 1 rings (SSSR count). The fourth-order valence-corrected chi connectivity index (χ4v) is 1.09. The van der Waals surface area contributed by atoms with Crippen LogP contribution in [0.3, 0.4) is 0 Å². The zero-order valence-corrected chi connectivity index (χ0v) is 9.37. The van der Waals surface area contributed by atoms with Gasteiger partial charge in [-0.05, 0) is 17.2 Å². The molecule has 86 valence electrons. The monoisotopic (exact) mass is 249 g/mol. The molecule has 0 atom stereocenters. The first kappa shape index (κ1) is 12.8. The lowest BCUT2D eigenvalue weighted by Gasteiger charge is -1.93. The largest absolute Gasteiger partial charge is 0.477 e. The second kappa shape index (κ2) is 6.37. The van der Waals surface area contributed by atoms with Gasteiger partial charge in [-0.3, -0.25) is 0 Å². The molecule has 0 aliphatic heterocycles. The predicted molar refractivity (Wildman–Crippen MR) is 65.9 cm³/mol. The van der Waals surface area contributed by atoms with Crippen molar-refractivity contribution in [3.63, 3.8) is 0 Å². The second-order valence-electron chi connectivity index (χ2n) is 2.96. The van der Waals surface area contributed by atoms with Crippen molar-refractivity contribution >= 4 is 29.3 Å². The van der Waals surface area contributed by atoms with Crippen LogP contribution in [0.15, 0.2) is 46.6 Å². The van der Waals surface area contributed by atoms with Gasteiger partial charge < -0.3 is 5.11 Å². The number of allylic oxidation sites excluding steroid dienone is 2. The van der Waals surface area contributed by atoms with Crippen molar-refractivity contribution in [2.24, 2.45) is 5.11 Å². The van der Waals surface area contributed by atoms with Crippen LogP contribution in [0.25, 0.3) is 16.5 Å². The lowest BCUT2D eigenvalue weighted by molar-refractivity contribution is -0.131. The second-order valence-corrected chi connectivity index (χ2v) is 3.37. The molecule has 0 amide bonds. The van der Waals surface area contributed by atoms with Crippen LogP contribution < -0.4 is 0 Å². The molecule has 1 aromatic carbocycles. The molecule has 0 radical (unpaired) electrons. The lowest BCUT2D eigenvalue weighted by atomic mass is 10.2. The first-order valence-corrected chi connectivity index (χ1v) is 4.93. The van der Waals surface area contributed by atoms with Crippen LogP contribution in [0.4, 0.5) is 5.69 Å². The molecule has 0 fully saturated rings. The molecule has 0 aliphatic rings. The van der Waals surface area contributed by atoms with Crippen molar-refractivity contribution in [3.8, 4) is 0 Å². The summed E-state index contributed by atoms with van der Waals surface area (Å²) in [5.74, 6) is -1.17. The predicted octanol–water partition coefficient (Wildman–Crippen LogP) is 3.85. The Balaban J connectivity index is 2.76. The van der Waals surface area contributed by atoms with Crippen LogP contribution in [0.2, 0.25) is 0 Å². The molecule has 0 saturated carbocycles. The number of carboxylic acid groups (broad SMARTS) is 1. The molecular formula is C11H8ClN3O2. The number of nitrogens with zero attached hydrogens (tertiary/aromatic N) is 3. The van der Waals surface area contributed by atoms with Gasteiger partial charge in [-0.2, -0.15) is 0 Å². The summed E-state index contributed by atoms with van der Waals surface area (Å²) in [7, 11) is 0. The van der Waals surface area contributed by atoms with Crippen LogP contribution >= 0.6 is 11.6 Å². The molecule has 17 heavy (non-hydrogen) atoms. The number of hydrogen-bond acceptors (Lipinski definition) is 2. The van der Waals surface area contributed by atoms with E-state index in [1.54, 1.807) is 30.3 Å². The quantitative estimate of drug-likeness (QED) is 0.289. The van der Waals surface area contributed by atoms with Gasteiger partial charge in [0.25, 0.3) is 0 Å². The number of carboxylic acids is 1. The number of hydrogen-bond donors (Lipinski definition) is 1. The van der Waals surface area contributed by atoms with E-state index in [0.717, 1.165) is 5.56 Å². The molecule has 1 N–H and O–H groups in total. The zero-order chi connectivity index (χ0) is 12.7. The maximum absolute atomic E-state index is 10.4. The smallest absolute Gasteiger partial charge is 0.347 e. The highest BCUT2D eigenvalue weighted by molar-refractivity contribution is 6.41. The summed E-state index contributed by atoms with van der Waals surface area (Å²) in [5, 5.41) is 11.7. The van der Waals surface area contributed by atoms with Crippen molar-refractivity contribution in [1.29, 1.82) is 0 Å². The van der Waals surface area contributed by atoms with E-state index in [2.05, 4.69) is 10.0 Å². The summed E-state index contributed by atoms with van der Waals surface area (Å²) in [6, 6.07) is 6.79. The molecule has 0 aliphatic carbocycles. The van der Waals surface area contributed by atoms with Gasteiger partial charge >= 0.3 is 5.97 Å². The van der Waals surface area contributed by atoms with Gasteiger partial charge in [0.05, 0.1) is 0 Å². The van der Waals surface area contributed by atoms with E-state index in [0.29, 0.717) is 5.69 Å². The summed E-state index contributed by atoms with van der Waals surface area (Å²) < 4.78 is 0. The lowest BCUT2D eigenvalue weighted by Crippen LogP contribution is -1.92. The summed E-state index contributed by atoms with van der Waals surface area (Å²) in [4.78, 5) is 13.0. The fraction of sp³-hybridized carbons (Fsp3) is 0. The van der Waals surface area contributed by atoms with Crippen LogP contribution in [-0.4, -0.2) is 11.1 Å². The molecule has 0 saturated heterocycles. The Kier molecular flexibility index (Phi) is 4.81. The third kappa shape index (κ3) is 4.42. The van der Waals surface area contributed by atoms with Crippen molar-refractivity contribution in [2.45, 2.75) is 0 Å². The maximum atomic E-state index is 10.4. The third-order valence-electron chi connectivity index (χ3n) is 1.79. The summed E-state index contributed by atoms with van der Waals surface area (Å²) in [5.41, 5.74) is 9.57. The van der Waals surface area contributed by atoms with Gasteiger partial charge in [-0.25, -0.2) is 4.79 Å². The molecule has 6 heteroatoms. The van der Waals surface area contributed by atoms with Crippen LogP contribution in [0.5, 0.6) is 0 Å². The Morgan fingerprint density at radius 1 is 1.41 bits per heavy atom. The molecule has 0 unspecified atom stereocenters. The number of azide groups is 1. The average molecular weight is 250 g/mol. The van der Waals surface area contributed by atoms with Crippen molar-refractivity contribution in [3.05, 3.63) is 57.5 Å². The van der Waals surface area contributed by atoms with E-state index < -0.39 is 5.97 Å². The highest BCUT2D eigenvalue weighted by Gasteiger charge is 1.98. The van der Waals surface area contributed by atoms with Gasteiger partial charge in [0, 0.05) is 10.6 Å². The fourth-order valence-electron chi connectivity index (χ4n) is 1.02. The zero-order valence-electron chi connectivity index (χ0n) is 8.62. The number of aliphatic carboxylic acids is 1. The van der Waals surface area contributed by atoms with Crippen LogP contribution in [0, 0.1) is 0 Å². The SMILES string of the molecule is [N-]=[N+]=Nc1ccc(C=CC=C(Cl)C(=O)O)cc1. The van der Waals surface area contributed by atoms with E-state index in [-0.39, 0.29) is 5.03 Å². The molecule has 0 bridgehead atoms. The minimum atomic E-state index is -1.17.